The summed E-state index contributed by atoms with van der Waals surface area (Å²) in [6.45, 7) is 6.15. The predicted molar refractivity (Wildman–Crippen MR) is 76.8 cm³/mol. The lowest BCUT2D eigenvalue weighted by atomic mass is 10.1. The summed E-state index contributed by atoms with van der Waals surface area (Å²) in [5.41, 5.74) is 2.90. The number of carbonyl (C=O) groups excluding carboxylic acids is 1. The molecule has 0 radical (unpaired) electrons. The highest BCUT2D eigenvalue weighted by Crippen LogP contribution is 2.21. The zero-order valence-corrected chi connectivity index (χ0v) is 12.2. The van der Waals surface area contributed by atoms with Crippen molar-refractivity contribution in [3.05, 3.63) is 51.0 Å². The first-order valence-corrected chi connectivity index (χ1v) is 7.10. The Labute approximate surface area is 117 Å². The molecule has 3 nitrogen and oxygen atoms in total. The Hall–Kier alpha value is -1.68. The maximum absolute atomic E-state index is 11.7. The molecule has 1 aromatic heterocycles. The maximum atomic E-state index is 11.7. The standard InChI is InChI=1S/C15H17NO2S/c1-4-18-15(17)14-11(3)19-13(16-14)9-12-7-5-10(2)6-8-12/h5-8H,4,9H2,1-3H3. The number of hydrogen-bond acceptors (Lipinski definition) is 4. The van der Waals surface area contributed by atoms with Crippen molar-refractivity contribution in [2.24, 2.45) is 0 Å². The molecule has 2 aromatic rings. The van der Waals surface area contributed by atoms with E-state index in [0.717, 1.165) is 16.3 Å². The Balaban J connectivity index is 2.16. The van der Waals surface area contributed by atoms with Crippen molar-refractivity contribution in [3.8, 4) is 0 Å². The number of nitrogens with zero attached hydrogens (tertiary/aromatic N) is 1. The molecule has 0 bridgehead atoms. The fraction of sp³-hybridized carbons (Fsp3) is 0.333. The van der Waals surface area contributed by atoms with E-state index in [9.17, 15) is 4.79 Å². The molecular weight excluding hydrogens is 258 g/mol. The minimum absolute atomic E-state index is 0.327. The highest BCUT2D eigenvalue weighted by Gasteiger charge is 2.16. The van der Waals surface area contributed by atoms with E-state index in [0.29, 0.717) is 12.3 Å². The SMILES string of the molecule is CCOC(=O)c1nc(Cc2ccc(C)cc2)sc1C. The molecule has 2 rings (SSSR count). The molecule has 100 valence electrons. The number of benzene rings is 1. The third kappa shape index (κ3) is 3.41. The molecule has 4 heteroatoms. The van der Waals surface area contributed by atoms with E-state index in [-0.39, 0.29) is 5.97 Å². The van der Waals surface area contributed by atoms with Crippen molar-refractivity contribution in [3.63, 3.8) is 0 Å². The number of rotatable bonds is 4. The van der Waals surface area contributed by atoms with Crippen LogP contribution in [0.15, 0.2) is 24.3 Å². The minimum atomic E-state index is -0.327. The van der Waals surface area contributed by atoms with Crippen LogP contribution in [0.1, 0.15) is 38.4 Å². The molecule has 0 aliphatic carbocycles. The lowest BCUT2D eigenvalue weighted by molar-refractivity contribution is 0.0519. The zero-order chi connectivity index (χ0) is 13.8. The quantitative estimate of drug-likeness (QED) is 0.801. The van der Waals surface area contributed by atoms with Crippen LogP contribution in [0, 0.1) is 13.8 Å². The van der Waals surface area contributed by atoms with Crippen LogP contribution in [0.25, 0.3) is 0 Å². The van der Waals surface area contributed by atoms with Crippen LogP contribution in [0.3, 0.4) is 0 Å². The molecular formula is C15H17NO2S. The molecule has 0 amide bonds. The van der Waals surface area contributed by atoms with Gasteiger partial charge in [0.05, 0.1) is 11.6 Å². The lowest BCUT2D eigenvalue weighted by Gasteiger charge is -1.99. The normalized spacial score (nSPS) is 10.5. The highest BCUT2D eigenvalue weighted by atomic mass is 32.1. The second-order valence-corrected chi connectivity index (χ2v) is 5.68. The third-order valence-electron chi connectivity index (χ3n) is 2.79. The van der Waals surface area contributed by atoms with Gasteiger partial charge in [-0.3, -0.25) is 0 Å². The van der Waals surface area contributed by atoms with E-state index in [1.807, 2.05) is 6.92 Å². The second-order valence-electron chi connectivity index (χ2n) is 4.40. The summed E-state index contributed by atoms with van der Waals surface area (Å²) in [4.78, 5) is 17.0. The first-order chi connectivity index (χ1) is 9.10. The van der Waals surface area contributed by atoms with E-state index in [1.165, 1.54) is 11.1 Å². The molecule has 1 aromatic carbocycles. The van der Waals surface area contributed by atoms with E-state index in [2.05, 4.69) is 36.2 Å². The van der Waals surface area contributed by atoms with E-state index < -0.39 is 0 Å². The topological polar surface area (TPSA) is 39.2 Å². The first kappa shape index (κ1) is 13.7. The van der Waals surface area contributed by atoms with Crippen molar-refractivity contribution in [2.75, 3.05) is 6.61 Å². The Morgan fingerprint density at radius 1 is 1.26 bits per heavy atom. The molecule has 0 saturated carbocycles. The van der Waals surface area contributed by atoms with Crippen molar-refractivity contribution < 1.29 is 9.53 Å². The van der Waals surface area contributed by atoms with Crippen LogP contribution in [0.4, 0.5) is 0 Å². The Morgan fingerprint density at radius 2 is 1.95 bits per heavy atom. The van der Waals surface area contributed by atoms with Gasteiger partial charge >= 0.3 is 5.97 Å². The number of esters is 1. The largest absolute Gasteiger partial charge is 0.461 e. The van der Waals surface area contributed by atoms with Gasteiger partial charge in [0.1, 0.15) is 0 Å². The van der Waals surface area contributed by atoms with E-state index in [4.69, 9.17) is 4.74 Å². The summed E-state index contributed by atoms with van der Waals surface area (Å²) in [7, 11) is 0. The average molecular weight is 275 g/mol. The van der Waals surface area contributed by atoms with Crippen molar-refractivity contribution in [1.82, 2.24) is 4.98 Å². The van der Waals surface area contributed by atoms with Crippen LogP contribution < -0.4 is 0 Å². The lowest BCUT2D eigenvalue weighted by Crippen LogP contribution is -2.06. The van der Waals surface area contributed by atoms with Crippen molar-refractivity contribution in [1.29, 1.82) is 0 Å². The Bertz CT molecular complexity index is 572. The monoisotopic (exact) mass is 275 g/mol. The second kappa shape index (κ2) is 5.97. The number of aromatic nitrogens is 1. The number of aryl methyl sites for hydroxylation is 2. The number of ether oxygens (including phenoxy) is 1. The molecule has 0 saturated heterocycles. The summed E-state index contributed by atoms with van der Waals surface area (Å²) in [6.07, 6.45) is 0.755. The molecule has 0 unspecified atom stereocenters. The smallest absolute Gasteiger partial charge is 0.358 e. The highest BCUT2D eigenvalue weighted by molar-refractivity contribution is 7.11. The molecule has 0 atom stereocenters. The summed E-state index contributed by atoms with van der Waals surface area (Å²) in [5, 5.41) is 0.949. The van der Waals surface area contributed by atoms with Crippen LogP contribution >= 0.6 is 11.3 Å². The van der Waals surface area contributed by atoms with Crippen LogP contribution in [0.2, 0.25) is 0 Å². The van der Waals surface area contributed by atoms with Gasteiger partial charge < -0.3 is 4.74 Å². The third-order valence-corrected chi connectivity index (χ3v) is 3.76. The predicted octanol–water partition coefficient (Wildman–Crippen LogP) is 3.53. The van der Waals surface area contributed by atoms with Gasteiger partial charge in [-0.15, -0.1) is 11.3 Å². The van der Waals surface area contributed by atoms with Crippen molar-refractivity contribution >= 4 is 17.3 Å². The molecule has 0 aliphatic heterocycles. The van der Waals surface area contributed by atoms with Gasteiger partial charge in [0, 0.05) is 11.3 Å². The first-order valence-electron chi connectivity index (χ1n) is 6.29. The van der Waals surface area contributed by atoms with Gasteiger partial charge in [-0.05, 0) is 26.3 Å². The van der Waals surface area contributed by atoms with Crippen LogP contribution in [-0.4, -0.2) is 17.6 Å². The van der Waals surface area contributed by atoms with E-state index >= 15 is 0 Å². The minimum Gasteiger partial charge on any atom is -0.461 e. The molecule has 0 aliphatic rings. The summed E-state index contributed by atoms with van der Waals surface area (Å²) >= 11 is 1.56. The summed E-state index contributed by atoms with van der Waals surface area (Å²) in [5.74, 6) is -0.327. The number of carbonyl (C=O) groups is 1. The van der Waals surface area contributed by atoms with Gasteiger partial charge in [0.15, 0.2) is 5.69 Å². The van der Waals surface area contributed by atoms with Gasteiger partial charge in [-0.25, -0.2) is 9.78 Å². The van der Waals surface area contributed by atoms with Crippen molar-refractivity contribution in [2.45, 2.75) is 27.2 Å². The fourth-order valence-corrected chi connectivity index (χ4v) is 2.75. The average Bonchev–Trinajstić information content (AvgIpc) is 2.74. The van der Waals surface area contributed by atoms with Gasteiger partial charge in [-0.1, -0.05) is 29.8 Å². The zero-order valence-electron chi connectivity index (χ0n) is 11.4. The Kier molecular flexibility index (Phi) is 4.32. The summed E-state index contributed by atoms with van der Waals surface area (Å²) < 4.78 is 4.99. The van der Waals surface area contributed by atoms with Crippen LogP contribution in [-0.2, 0) is 11.2 Å². The molecule has 0 N–H and O–H groups in total. The fourth-order valence-electron chi connectivity index (χ4n) is 1.80. The van der Waals surface area contributed by atoms with Crippen LogP contribution in [0.5, 0.6) is 0 Å². The molecule has 19 heavy (non-hydrogen) atoms. The maximum Gasteiger partial charge on any atom is 0.358 e. The molecule has 1 heterocycles. The van der Waals surface area contributed by atoms with Gasteiger partial charge in [0.25, 0.3) is 0 Å². The summed E-state index contributed by atoms with van der Waals surface area (Å²) in [6, 6.07) is 8.36. The van der Waals surface area contributed by atoms with Gasteiger partial charge in [0.2, 0.25) is 0 Å². The molecule has 0 spiro atoms. The Morgan fingerprint density at radius 3 is 2.58 bits per heavy atom. The molecule has 0 fully saturated rings. The number of hydrogen-bond donors (Lipinski definition) is 0. The number of thiazole rings is 1. The van der Waals surface area contributed by atoms with E-state index in [1.54, 1.807) is 18.3 Å². The van der Waals surface area contributed by atoms with Gasteiger partial charge in [-0.2, -0.15) is 0 Å².